The van der Waals surface area contributed by atoms with Crippen LogP contribution in [0.3, 0.4) is 0 Å². The Labute approximate surface area is 115 Å². The minimum absolute atomic E-state index is 0.207. The van der Waals surface area contributed by atoms with Crippen molar-refractivity contribution in [2.24, 2.45) is 0 Å². The largest absolute Gasteiger partial charge is 0.472 e. The molecule has 1 atom stereocenters. The summed E-state index contributed by atoms with van der Waals surface area (Å²) in [5.41, 5.74) is 0.745. The van der Waals surface area contributed by atoms with Crippen molar-refractivity contribution in [2.45, 2.75) is 25.4 Å². The molecule has 0 saturated carbocycles. The highest BCUT2D eigenvalue weighted by Gasteiger charge is 2.32. The van der Waals surface area contributed by atoms with Crippen molar-refractivity contribution in [1.82, 2.24) is 15.0 Å². The van der Waals surface area contributed by atoms with E-state index in [-0.39, 0.29) is 12.0 Å². The molecule has 0 aliphatic carbocycles. The van der Waals surface area contributed by atoms with Gasteiger partial charge in [0.1, 0.15) is 12.3 Å². The number of likely N-dealkylation sites (tertiary alicyclic amines) is 1. The van der Waals surface area contributed by atoms with Gasteiger partial charge >= 0.3 is 5.97 Å². The van der Waals surface area contributed by atoms with Crippen molar-refractivity contribution >= 4 is 5.97 Å². The highest BCUT2D eigenvalue weighted by Crippen LogP contribution is 2.22. The molecule has 0 unspecified atom stereocenters. The van der Waals surface area contributed by atoms with Crippen LogP contribution >= 0.6 is 0 Å². The number of methoxy groups -OCH3 is 1. The van der Waals surface area contributed by atoms with Gasteiger partial charge in [-0.3, -0.25) is 9.69 Å². The topological polar surface area (TPSA) is 81.6 Å². The number of nitrogens with zero attached hydrogens (tertiary/aromatic N) is 3. The number of rotatable bonds is 4. The zero-order valence-electron chi connectivity index (χ0n) is 11.1. The summed E-state index contributed by atoms with van der Waals surface area (Å²) in [5, 5.41) is 3.93. The second-order valence-corrected chi connectivity index (χ2v) is 4.68. The summed E-state index contributed by atoms with van der Waals surface area (Å²) in [7, 11) is 1.41. The zero-order valence-corrected chi connectivity index (χ0v) is 11.1. The van der Waals surface area contributed by atoms with Crippen molar-refractivity contribution < 1.29 is 18.5 Å². The number of carbonyl (C=O) groups excluding carboxylic acids is 1. The Kier molecular flexibility index (Phi) is 3.51. The monoisotopic (exact) mass is 277 g/mol. The van der Waals surface area contributed by atoms with Crippen LogP contribution in [0, 0.1) is 0 Å². The molecule has 1 aliphatic heterocycles. The Morgan fingerprint density at radius 1 is 1.60 bits per heavy atom. The fourth-order valence-electron chi connectivity index (χ4n) is 2.42. The molecule has 1 saturated heterocycles. The van der Waals surface area contributed by atoms with E-state index in [2.05, 4.69) is 10.1 Å². The van der Waals surface area contributed by atoms with Crippen LogP contribution in [0.1, 0.15) is 18.7 Å². The van der Waals surface area contributed by atoms with Gasteiger partial charge in [0.2, 0.25) is 0 Å². The Bertz CT molecular complexity index is 578. The molecule has 2 aromatic rings. The average Bonchev–Trinajstić information content (AvgIpc) is 3.19. The van der Waals surface area contributed by atoms with Crippen molar-refractivity contribution in [3.8, 4) is 11.5 Å². The van der Waals surface area contributed by atoms with Crippen LogP contribution in [-0.2, 0) is 16.1 Å². The van der Waals surface area contributed by atoms with E-state index in [0.717, 1.165) is 24.9 Å². The summed E-state index contributed by atoms with van der Waals surface area (Å²) in [5.74, 6) is 0.764. The van der Waals surface area contributed by atoms with Gasteiger partial charge in [0.15, 0.2) is 5.82 Å². The second kappa shape index (κ2) is 5.46. The third-order valence-corrected chi connectivity index (χ3v) is 3.42. The van der Waals surface area contributed by atoms with Crippen molar-refractivity contribution in [1.29, 1.82) is 0 Å². The molecule has 0 radical (unpaired) electrons. The van der Waals surface area contributed by atoms with E-state index in [0.29, 0.717) is 18.3 Å². The molecule has 0 aromatic carbocycles. The van der Waals surface area contributed by atoms with E-state index >= 15 is 0 Å². The quantitative estimate of drug-likeness (QED) is 0.782. The molecule has 7 nitrogen and oxygen atoms in total. The first-order valence-corrected chi connectivity index (χ1v) is 6.45. The average molecular weight is 277 g/mol. The minimum atomic E-state index is -0.212. The first-order valence-electron chi connectivity index (χ1n) is 6.45. The van der Waals surface area contributed by atoms with Crippen LogP contribution in [0.2, 0.25) is 0 Å². The molecule has 20 heavy (non-hydrogen) atoms. The van der Waals surface area contributed by atoms with Gasteiger partial charge in [-0.25, -0.2) is 0 Å². The predicted octanol–water partition coefficient (Wildman–Crippen LogP) is 1.47. The van der Waals surface area contributed by atoms with E-state index in [1.54, 1.807) is 18.6 Å². The lowest BCUT2D eigenvalue weighted by molar-refractivity contribution is -0.146. The maximum atomic E-state index is 11.7. The van der Waals surface area contributed by atoms with Crippen molar-refractivity contribution in [2.75, 3.05) is 13.7 Å². The van der Waals surface area contributed by atoms with Gasteiger partial charge in [-0.1, -0.05) is 5.16 Å². The van der Waals surface area contributed by atoms with Crippen LogP contribution in [0.5, 0.6) is 0 Å². The van der Waals surface area contributed by atoms with Crippen LogP contribution in [0.15, 0.2) is 27.5 Å². The first-order chi connectivity index (χ1) is 9.78. The fourth-order valence-corrected chi connectivity index (χ4v) is 2.42. The van der Waals surface area contributed by atoms with Crippen LogP contribution < -0.4 is 0 Å². The zero-order chi connectivity index (χ0) is 13.9. The molecule has 0 amide bonds. The summed E-state index contributed by atoms with van der Waals surface area (Å²) < 4.78 is 15.0. The Balaban J connectivity index is 1.70. The second-order valence-electron chi connectivity index (χ2n) is 4.68. The lowest BCUT2D eigenvalue weighted by Gasteiger charge is -2.20. The lowest BCUT2D eigenvalue weighted by Crippen LogP contribution is -2.36. The SMILES string of the molecule is COC(=O)[C@@H]1CCCN1Cc1noc(-c2ccoc2)n1. The van der Waals surface area contributed by atoms with Gasteiger partial charge in [-0.2, -0.15) is 4.98 Å². The fraction of sp³-hybridized carbons (Fsp3) is 0.462. The van der Waals surface area contributed by atoms with E-state index in [1.807, 2.05) is 4.90 Å². The standard InChI is InChI=1S/C13H15N3O4/c1-18-13(17)10-3-2-5-16(10)7-11-14-12(20-15-11)9-4-6-19-8-9/h4,6,8,10H,2-3,5,7H2,1H3/t10-/m0/s1. The summed E-state index contributed by atoms with van der Waals surface area (Å²) in [4.78, 5) is 18.0. The molecule has 1 aliphatic rings. The van der Waals surface area contributed by atoms with Crippen molar-refractivity contribution in [3.63, 3.8) is 0 Å². The molecule has 0 bridgehead atoms. The van der Waals surface area contributed by atoms with Gasteiger partial charge in [0.25, 0.3) is 5.89 Å². The molecule has 7 heteroatoms. The number of esters is 1. The Morgan fingerprint density at radius 2 is 2.50 bits per heavy atom. The van der Waals surface area contributed by atoms with Gasteiger partial charge in [0, 0.05) is 0 Å². The molecule has 2 aromatic heterocycles. The molecule has 1 fully saturated rings. The molecular weight excluding hydrogens is 262 g/mol. The molecule has 106 valence electrons. The summed E-state index contributed by atoms with van der Waals surface area (Å²) in [6, 6.07) is 1.54. The maximum Gasteiger partial charge on any atom is 0.323 e. The summed E-state index contributed by atoms with van der Waals surface area (Å²) >= 11 is 0. The molecule has 3 rings (SSSR count). The Hall–Kier alpha value is -2.15. The first kappa shape index (κ1) is 12.9. The number of hydrogen-bond acceptors (Lipinski definition) is 7. The number of ether oxygens (including phenoxy) is 1. The summed E-state index contributed by atoms with van der Waals surface area (Å²) in [6.45, 7) is 1.30. The van der Waals surface area contributed by atoms with Crippen LogP contribution in [-0.4, -0.2) is 40.7 Å². The lowest BCUT2D eigenvalue weighted by atomic mass is 10.2. The minimum Gasteiger partial charge on any atom is -0.472 e. The van der Waals surface area contributed by atoms with Gasteiger partial charge in [-0.05, 0) is 25.5 Å². The number of aromatic nitrogens is 2. The van der Waals surface area contributed by atoms with E-state index < -0.39 is 0 Å². The van der Waals surface area contributed by atoms with Crippen LogP contribution in [0.4, 0.5) is 0 Å². The smallest absolute Gasteiger partial charge is 0.323 e. The van der Waals surface area contributed by atoms with E-state index in [4.69, 9.17) is 13.7 Å². The molecule has 0 N–H and O–H groups in total. The highest BCUT2D eigenvalue weighted by atomic mass is 16.5. The summed E-state index contributed by atoms with van der Waals surface area (Å²) in [6.07, 6.45) is 4.86. The van der Waals surface area contributed by atoms with E-state index in [9.17, 15) is 4.79 Å². The van der Waals surface area contributed by atoms with E-state index in [1.165, 1.54) is 7.11 Å². The highest BCUT2D eigenvalue weighted by molar-refractivity contribution is 5.75. The molecular formula is C13H15N3O4. The van der Waals surface area contributed by atoms with Gasteiger partial charge in [-0.15, -0.1) is 0 Å². The normalized spacial score (nSPS) is 19.4. The van der Waals surface area contributed by atoms with Gasteiger partial charge < -0.3 is 13.7 Å². The third-order valence-electron chi connectivity index (χ3n) is 3.42. The van der Waals surface area contributed by atoms with Crippen LogP contribution in [0.25, 0.3) is 11.5 Å². The number of furan rings is 1. The predicted molar refractivity (Wildman–Crippen MR) is 67.4 cm³/mol. The van der Waals surface area contributed by atoms with Gasteiger partial charge in [0.05, 0.1) is 25.5 Å². The van der Waals surface area contributed by atoms with Crippen molar-refractivity contribution in [3.05, 3.63) is 24.4 Å². The molecule has 0 spiro atoms. The third kappa shape index (κ3) is 2.44. The number of carbonyl (C=O) groups is 1. The molecule has 3 heterocycles. The number of hydrogen-bond donors (Lipinski definition) is 0. The maximum absolute atomic E-state index is 11.7. The Morgan fingerprint density at radius 3 is 3.25 bits per heavy atom.